The number of nitrogens with zero attached hydrogens (tertiary/aromatic N) is 3. The molecule has 2 aromatic heterocycles. The second-order valence-corrected chi connectivity index (χ2v) is 7.01. The number of rotatable bonds is 5. The van der Waals surface area contributed by atoms with E-state index in [9.17, 15) is 4.79 Å². The monoisotopic (exact) mass is 380 g/mol. The standard InChI is InChI=1S/C21H24N4O3/c1-27-18-9-8-14(12-19(18)28-2)17-10-11-22-20-13-16(24-25(17)20)21(26)23-15-6-4-3-5-7-15/h8-13,15H,3-7H2,1-2H3,(H,23,26). The van der Waals surface area contributed by atoms with E-state index in [0.29, 0.717) is 22.8 Å². The fourth-order valence-electron chi connectivity index (χ4n) is 3.73. The van der Waals surface area contributed by atoms with Gasteiger partial charge in [-0.05, 0) is 37.1 Å². The van der Waals surface area contributed by atoms with Crippen LogP contribution in [0.1, 0.15) is 42.6 Å². The predicted octanol–water partition coefficient (Wildman–Crippen LogP) is 3.48. The van der Waals surface area contributed by atoms with E-state index in [2.05, 4.69) is 15.4 Å². The van der Waals surface area contributed by atoms with Gasteiger partial charge in [0.25, 0.3) is 5.91 Å². The maximum absolute atomic E-state index is 12.7. The van der Waals surface area contributed by atoms with Crippen LogP contribution in [-0.2, 0) is 0 Å². The van der Waals surface area contributed by atoms with Crippen molar-refractivity contribution in [1.82, 2.24) is 19.9 Å². The summed E-state index contributed by atoms with van der Waals surface area (Å²) in [5, 5.41) is 7.63. The molecule has 0 spiro atoms. The molecule has 3 aromatic rings. The van der Waals surface area contributed by atoms with Crippen LogP contribution in [0, 0.1) is 0 Å². The highest BCUT2D eigenvalue weighted by molar-refractivity contribution is 5.93. The molecule has 2 heterocycles. The molecule has 1 amide bonds. The van der Waals surface area contributed by atoms with Gasteiger partial charge in [0.15, 0.2) is 22.8 Å². The van der Waals surface area contributed by atoms with Crippen molar-refractivity contribution in [3.05, 3.63) is 42.2 Å². The van der Waals surface area contributed by atoms with Gasteiger partial charge in [0, 0.05) is 23.9 Å². The Labute approximate surface area is 163 Å². The van der Waals surface area contributed by atoms with Crippen molar-refractivity contribution < 1.29 is 14.3 Å². The van der Waals surface area contributed by atoms with E-state index >= 15 is 0 Å². The van der Waals surface area contributed by atoms with Crippen molar-refractivity contribution in [2.24, 2.45) is 0 Å². The van der Waals surface area contributed by atoms with Crippen LogP contribution in [0.2, 0.25) is 0 Å². The SMILES string of the molecule is COc1ccc(-c2ccnc3cc(C(=O)NC4CCCCC4)nn23)cc1OC. The molecule has 1 aromatic carbocycles. The third-order valence-electron chi connectivity index (χ3n) is 5.21. The number of carbonyl (C=O) groups excluding carboxylic acids is 1. The zero-order chi connectivity index (χ0) is 19.5. The topological polar surface area (TPSA) is 77.8 Å². The number of hydrogen-bond donors (Lipinski definition) is 1. The van der Waals surface area contributed by atoms with Gasteiger partial charge in [0.2, 0.25) is 0 Å². The summed E-state index contributed by atoms with van der Waals surface area (Å²) in [6.45, 7) is 0. The van der Waals surface area contributed by atoms with E-state index in [1.165, 1.54) is 19.3 Å². The number of aromatic nitrogens is 3. The lowest BCUT2D eigenvalue weighted by Crippen LogP contribution is -2.36. The quantitative estimate of drug-likeness (QED) is 0.733. The minimum absolute atomic E-state index is 0.143. The first-order valence-corrected chi connectivity index (χ1v) is 9.57. The number of carbonyl (C=O) groups is 1. The molecule has 1 fully saturated rings. The van der Waals surface area contributed by atoms with Crippen LogP contribution in [0.4, 0.5) is 0 Å². The van der Waals surface area contributed by atoms with Gasteiger partial charge in [-0.3, -0.25) is 4.79 Å². The summed E-state index contributed by atoms with van der Waals surface area (Å²) < 4.78 is 12.4. The highest BCUT2D eigenvalue weighted by Gasteiger charge is 2.20. The third kappa shape index (κ3) is 3.52. The molecule has 1 saturated carbocycles. The highest BCUT2D eigenvalue weighted by Crippen LogP contribution is 2.32. The number of methoxy groups -OCH3 is 2. The third-order valence-corrected chi connectivity index (χ3v) is 5.21. The smallest absolute Gasteiger partial charge is 0.272 e. The Bertz CT molecular complexity index is 992. The van der Waals surface area contributed by atoms with Gasteiger partial charge in [0.1, 0.15) is 0 Å². The van der Waals surface area contributed by atoms with Gasteiger partial charge >= 0.3 is 0 Å². The number of benzene rings is 1. The molecule has 4 rings (SSSR count). The second kappa shape index (κ2) is 7.88. The number of hydrogen-bond acceptors (Lipinski definition) is 5. The molecule has 0 saturated heterocycles. The first kappa shape index (κ1) is 18.3. The van der Waals surface area contributed by atoms with Crippen molar-refractivity contribution >= 4 is 11.6 Å². The molecule has 28 heavy (non-hydrogen) atoms. The molecule has 0 radical (unpaired) electrons. The summed E-state index contributed by atoms with van der Waals surface area (Å²) >= 11 is 0. The van der Waals surface area contributed by atoms with Crippen molar-refractivity contribution in [3.8, 4) is 22.8 Å². The van der Waals surface area contributed by atoms with Gasteiger partial charge in [-0.25, -0.2) is 9.50 Å². The predicted molar refractivity (Wildman–Crippen MR) is 106 cm³/mol. The van der Waals surface area contributed by atoms with Crippen LogP contribution in [0.15, 0.2) is 36.5 Å². The Morgan fingerprint density at radius 2 is 1.86 bits per heavy atom. The number of nitrogens with one attached hydrogen (secondary N) is 1. The van der Waals surface area contributed by atoms with Crippen LogP contribution in [0.3, 0.4) is 0 Å². The van der Waals surface area contributed by atoms with Gasteiger partial charge in [-0.15, -0.1) is 0 Å². The fourth-order valence-corrected chi connectivity index (χ4v) is 3.73. The largest absolute Gasteiger partial charge is 0.493 e. The van der Waals surface area contributed by atoms with E-state index in [1.54, 1.807) is 31.0 Å². The van der Waals surface area contributed by atoms with Gasteiger partial charge in [-0.2, -0.15) is 5.10 Å². The van der Waals surface area contributed by atoms with Crippen LogP contribution in [-0.4, -0.2) is 40.8 Å². The molecule has 1 aliphatic carbocycles. The van der Waals surface area contributed by atoms with Gasteiger partial charge in [-0.1, -0.05) is 19.3 Å². The van der Waals surface area contributed by atoms with E-state index in [1.807, 2.05) is 24.3 Å². The van der Waals surface area contributed by atoms with Crippen molar-refractivity contribution in [2.45, 2.75) is 38.1 Å². The molecule has 146 valence electrons. The van der Waals surface area contributed by atoms with Gasteiger partial charge in [0.05, 0.1) is 19.9 Å². The zero-order valence-corrected chi connectivity index (χ0v) is 16.1. The summed E-state index contributed by atoms with van der Waals surface area (Å²) in [6.07, 6.45) is 7.37. The molecule has 7 nitrogen and oxygen atoms in total. The zero-order valence-electron chi connectivity index (χ0n) is 16.1. The molecule has 0 aliphatic heterocycles. The molecule has 0 unspecified atom stereocenters. The number of ether oxygens (including phenoxy) is 2. The Hall–Kier alpha value is -3.09. The summed E-state index contributed by atoms with van der Waals surface area (Å²) in [5.74, 6) is 1.15. The molecule has 0 atom stereocenters. The number of amides is 1. The molecule has 0 bridgehead atoms. The van der Waals surface area contributed by atoms with Crippen molar-refractivity contribution in [3.63, 3.8) is 0 Å². The first-order chi connectivity index (χ1) is 13.7. The maximum Gasteiger partial charge on any atom is 0.272 e. The average Bonchev–Trinajstić information content (AvgIpc) is 3.18. The first-order valence-electron chi connectivity index (χ1n) is 9.57. The van der Waals surface area contributed by atoms with Crippen LogP contribution in [0.25, 0.3) is 16.9 Å². The highest BCUT2D eigenvalue weighted by atomic mass is 16.5. The molecule has 1 aliphatic rings. The maximum atomic E-state index is 12.7. The molecular weight excluding hydrogens is 356 g/mol. The molecule has 1 N–H and O–H groups in total. The lowest BCUT2D eigenvalue weighted by Gasteiger charge is -2.22. The molecule has 7 heteroatoms. The Balaban J connectivity index is 1.66. The summed E-state index contributed by atoms with van der Waals surface area (Å²) in [6, 6.07) is 9.49. The van der Waals surface area contributed by atoms with Crippen molar-refractivity contribution in [2.75, 3.05) is 14.2 Å². The lowest BCUT2D eigenvalue weighted by atomic mass is 9.95. The summed E-state index contributed by atoms with van der Waals surface area (Å²) in [5.41, 5.74) is 2.72. The van der Waals surface area contributed by atoms with Crippen LogP contribution >= 0.6 is 0 Å². The van der Waals surface area contributed by atoms with E-state index in [-0.39, 0.29) is 11.9 Å². The minimum atomic E-state index is -0.143. The van der Waals surface area contributed by atoms with E-state index in [4.69, 9.17) is 9.47 Å². The normalized spacial score (nSPS) is 14.8. The number of fused-ring (bicyclic) bond motifs is 1. The van der Waals surface area contributed by atoms with Gasteiger partial charge < -0.3 is 14.8 Å². The summed E-state index contributed by atoms with van der Waals surface area (Å²) in [4.78, 5) is 17.0. The van der Waals surface area contributed by atoms with E-state index < -0.39 is 0 Å². The fraction of sp³-hybridized carbons (Fsp3) is 0.381. The average molecular weight is 380 g/mol. The minimum Gasteiger partial charge on any atom is -0.493 e. The Morgan fingerprint density at radius 1 is 1.07 bits per heavy atom. The van der Waals surface area contributed by atoms with Crippen molar-refractivity contribution in [1.29, 1.82) is 0 Å². The molecular formula is C21H24N4O3. The van der Waals surface area contributed by atoms with Crippen LogP contribution in [0.5, 0.6) is 11.5 Å². The summed E-state index contributed by atoms with van der Waals surface area (Å²) in [7, 11) is 3.21. The Morgan fingerprint density at radius 3 is 2.61 bits per heavy atom. The lowest BCUT2D eigenvalue weighted by molar-refractivity contribution is 0.0922. The second-order valence-electron chi connectivity index (χ2n) is 7.01. The van der Waals surface area contributed by atoms with Crippen LogP contribution < -0.4 is 14.8 Å². The van der Waals surface area contributed by atoms with E-state index in [0.717, 1.165) is 24.1 Å². The Kier molecular flexibility index (Phi) is 5.14.